The van der Waals surface area contributed by atoms with Gasteiger partial charge < -0.3 is 4.74 Å². The fraction of sp³-hybridized carbons (Fsp3) is 0.391. The average Bonchev–Trinajstić information content (AvgIpc) is 3.19. The molecule has 164 valence electrons. The maximum absolute atomic E-state index is 13.2. The highest BCUT2D eigenvalue weighted by Crippen LogP contribution is 2.31. The van der Waals surface area contributed by atoms with Crippen LogP contribution in [0.2, 0.25) is 5.02 Å². The molecular formula is C23H26ClN3O2S2. The lowest BCUT2D eigenvalue weighted by Gasteiger charge is -2.27. The number of aromatic nitrogens is 1. The third kappa shape index (κ3) is 6.20. The van der Waals surface area contributed by atoms with Crippen LogP contribution in [0, 0.1) is 6.92 Å². The van der Waals surface area contributed by atoms with E-state index in [1.807, 2.05) is 35.2 Å². The maximum Gasteiger partial charge on any atom is 0.239 e. The lowest BCUT2D eigenvalue weighted by Crippen LogP contribution is -2.39. The number of thiazole rings is 1. The zero-order valence-electron chi connectivity index (χ0n) is 17.6. The number of halogens is 1. The zero-order chi connectivity index (χ0) is 21.6. The molecule has 1 amide bonds. The Balaban J connectivity index is 1.46. The first-order valence-corrected chi connectivity index (χ1v) is 12.6. The summed E-state index contributed by atoms with van der Waals surface area (Å²) in [6.07, 6.45) is 0.909. The Hall–Kier alpha value is -1.64. The fourth-order valence-electron chi connectivity index (χ4n) is 3.49. The highest BCUT2D eigenvalue weighted by atomic mass is 35.5. The molecule has 0 N–H and O–H groups in total. The van der Waals surface area contributed by atoms with Gasteiger partial charge >= 0.3 is 0 Å². The Morgan fingerprint density at radius 1 is 1.23 bits per heavy atom. The van der Waals surface area contributed by atoms with E-state index >= 15 is 0 Å². The molecule has 0 bridgehead atoms. The van der Waals surface area contributed by atoms with Crippen LogP contribution >= 0.6 is 34.7 Å². The van der Waals surface area contributed by atoms with E-state index in [1.54, 1.807) is 11.3 Å². The number of fused-ring (bicyclic) bond motifs is 1. The normalized spacial score (nSPS) is 14.8. The topological polar surface area (TPSA) is 45.7 Å². The van der Waals surface area contributed by atoms with Crippen LogP contribution in [0.15, 0.2) is 47.4 Å². The molecule has 1 saturated heterocycles. The van der Waals surface area contributed by atoms with E-state index in [1.165, 1.54) is 17.3 Å². The van der Waals surface area contributed by atoms with Crippen LogP contribution in [0.5, 0.6) is 0 Å². The number of thioether (sulfide) groups is 1. The molecule has 2 heterocycles. The molecular weight excluding hydrogens is 450 g/mol. The first kappa shape index (κ1) is 22.6. The fourth-order valence-corrected chi connectivity index (χ4v) is 5.50. The van der Waals surface area contributed by atoms with Crippen molar-refractivity contribution in [1.82, 2.24) is 9.88 Å². The van der Waals surface area contributed by atoms with Crippen LogP contribution in [-0.4, -0.2) is 60.9 Å². The van der Waals surface area contributed by atoms with Crippen molar-refractivity contribution in [1.29, 1.82) is 0 Å². The summed E-state index contributed by atoms with van der Waals surface area (Å²) in [5.41, 5.74) is 2.15. The minimum atomic E-state index is 0.0812. The van der Waals surface area contributed by atoms with E-state index in [2.05, 4.69) is 24.0 Å². The Kier molecular flexibility index (Phi) is 7.85. The quantitative estimate of drug-likeness (QED) is 0.424. The van der Waals surface area contributed by atoms with Crippen molar-refractivity contribution in [3.8, 4) is 0 Å². The third-order valence-corrected chi connectivity index (χ3v) is 7.49. The number of morpholine rings is 1. The number of rotatable bonds is 8. The molecule has 1 aliphatic rings. The van der Waals surface area contributed by atoms with Gasteiger partial charge in [0.15, 0.2) is 5.13 Å². The third-order valence-electron chi connectivity index (χ3n) is 5.20. The largest absolute Gasteiger partial charge is 0.379 e. The van der Waals surface area contributed by atoms with Gasteiger partial charge in [-0.2, -0.15) is 0 Å². The molecule has 31 heavy (non-hydrogen) atoms. The maximum atomic E-state index is 13.2. The summed E-state index contributed by atoms with van der Waals surface area (Å²) < 4.78 is 6.55. The molecule has 5 nitrogen and oxygen atoms in total. The SMILES string of the molecule is Cc1ccc2nc(N(CCCN3CCOCC3)C(=O)CSc3ccc(Cl)cc3)sc2c1. The van der Waals surface area contributed by atoms with E-state index < -0.39 is 0 Å². The predicted molar refractivity (Wildman–Crippen MR) is 131 cm³/mol. The van der Waals surface area contributed by atoms with Gasteiger partial charge in [-0.15, -0.1) is 11.8 Å². The number of benzene rings is 2. The van der Waals surface area contributed by atoms with Crippen LogP contribution in [0.1, 0.15) is 12.0 Å². The van der Waals surface area contributed by atoms with Crippen molar-refractivity contribution in [3.05, 3.63) is 53.1 Å². The van der Waals surface area contributed by atoms with Crippen molar-refractivity contribution in [2.75, 3.05) is 50.0 Å². The molecule has 1 aliphatic heterocycles. The zero-order valence-corrected chi connectivity index (χ0v) is 19.9. The average molecular weight is 476 g/mol. The predicted octanol–water partition coefficient (Wildman–Crippen LogP) is 5.11. The molecule has 3 aromatic rings. The second kappa shape index (κ2) is 10.8. The molecule has 0 unspecified atom stereocenters. The second-order valence-electron chi connectivity index (χ2n) is 7.56. The molecule has 0 radical (unpaired) electrons. The van der Waals surface area contributed by atoms with E-state index in [9.17, 15) is 4.79 Å². The van der Waals surface area contributed by atoms with Crippen LogP contribution in [0.25, 0.3) is 10.2 Å². The number of carbonyl (C=O) groups excluding carboxylic acids is 1. The lowest BCUT2D eigenvalue weighted by molar-refractivity contribution is -0.116. The van der Waals surface area contributed by atoms with Gasteiger partial charge in [-0.25, -0.2) is 4.98 Å². The number of ether oxygens (including phenoxy) is 1. The highest BCUT2D eigenvalue weighted by Gasteiger charge is 2.21. The van der Waals surface area contributed by atoms with E-state index in [4.69, 9.17) is 21.3 Å². The van der Waals surface area contributed by atoms with Gasteiger partial charge in [-0.05, 0) is 55.3 Å². The minimum absolute atomic E-state index is 0.0812. The van der Waals surface area contributed by atoms with E-state index in [0.717, 1.165) is 59.5 Å². The summed E-state index contributed by atoms with van der Waals surface area (Å²) in [5.74, 6) is 0.450. The van der Waals surface area contributed by atoms with Crippen LogP contribution in [-0.2, 0) is 9.53 Å². The molecule has 4 rings (SSSR count). The van der Waals surface area contributed by atoms with Crippen LogP contribution in [0.3, 0.4) is 0 Å². The number of carbonyl (C=O) groups is 1. The highest BCUT2D eigenvalue weighted by molar-refractivity contribution is 8.00. The number of nitrogens with zero attached hydrogens (tertiary/aromatic N) is 3. The molecule has 1 fully saturated rings. The van der Waals surface area contributed by atoms with Gasteiger partial charge in [-0.1, -0.05) is 29.0 Å². The van der Waals surface area contributed by atoms with Crippen LogP contribution in [0.4, 0.5) is 5.13 Å². The number of hydrogen-bond donors (Lipinski definition) is 0. The monoisotopic (exact) mass is 475 g/mol. The molecule has 0 atom stereocenters. The molecule has 8 heteroatoms. The van der Waals surface area contributed by atoms with Gasteiger partial charge in [0, 0.05) is 36.1 Å². The molecule has 0 saturated carbocycles. The van der Waals surface area contributed by atoms with Crippen LogP contribution < -0.4 is 4.90 Å². The van der Waals surface area contributed by atoms with Crippen molar-refractivity contribution < 1.29 is 9.53 Å². The Labute approximate surface area is 196 Å². The number of hydrogen-bond acceptors (Lipinski definition) is 6. The molecule has 2 aromatic carbocycles. The Morgan fingerprint density at radius 2 is 2.00 bits per heavy atom. The van der Waals surface area contributed by atoms with Gasteiger partial charge in [0.2, 0.25) is 5.91 Å². The van der Waals surface area contributed by atoms with Crippen molar-refractivity contribution in [2.24, 2.45) is 0 Å². The van der Waals surface area contributed by atoms with Crippen molar-refractivity contribution in [3.63, 3.8) is 0 Å². The van der Waals surface area contributed by atoms with Crippen molar-refractivity contribution >= 4 is 56.0 Å². The Morgan fingerprint density at radius 3 is 2.77 bits per heavy atom. The second-order valence-corrected chi connectivity index (χ2v) is 10.1. The molecule has 0 aliphatic carbocycles. The van der Waals surface area contributed by atoms with Crippen molar-refractivity contribution in [2.45, 2.75) is 18.2 Å². The van der Waals surface area contributed by atoms with E-state index in [0.29, 0.717) is 17.3 Å². The summed E-state index contributed by atoms with van der Waals surface area (Å²) in [6, 6.07) is 13.8. The summed E-state index contributed by atoms with van der Waals surface area (Å²) in [6.45, 7) is 7.20. The summed E-state index contributed by atoms with van der Waals surface area (Å²) in [5, 5.41) is 1.48. The minimum Gasteiger partial charge on any atom is -0.379 e. The summed E-state index contributed by atoms with van der Waals surface area (Å²) in [4.78, 5) is 23.3. The first-order chi connectivity index (χ1) is 15.1. The van der Waals surface area contributed by atoms with Gasteiger partial charge in [0.05, 0.1) is 29.2 Å². The standard InChI is InChI=1S/C23H26ClN3O2S2/c1-17-3-8-20-21(15-17)31-23(25-20)27(10-2-9-26-11-13-29-14-12-26)22(28)16-30-19-6-4-18(24)5-7-19/h3-8,15H,2,9-14,16H2,1H3. The molecule has 1 aromatic heterocycles. The first-order valence-electron chi connectivity index (χ1n) is 10.4. The van der Waals surface area contributed by atoms with Gasteiger partial charge in [-0.3, -0.25) is 14.6 Å². The number of amides is 1. The smallest absolute Gasteiger partial charge is 0.239 e. The number of anilines is 1. The summed E-state index contributed by atoms with van der Waals surface area (Å²) in [7, 11) is 0. The number of aryl methyl sites for hydroxylation is 1. The Bertz CT molecular complexity index is 1020. The molecule has 0 spiro atoms. The van der Waals surface area contributed by atoms with Gasteiger partial charge in [0.25, 0.3) is 0 Å². The summed E-state index contributed by atoms with van der Waals surface area (Å²) >= 11 is 9.10. The lowest BCUT2D eigenvalue weighted by atomic mass is 10.2. The van der Waals surface area contributed by atoms with E-state index in [-0.39, 0.29) is 5.91 Å². The van der Waals surface area contributed by atoms with Gasteiger partial charge in [0.1, 0.15) is 0 Å².